The molecule has 2 fully saturated rings. The van der Waals surface area contributed by atoms with E-state index in [1.807, 2.05) is 0 Å². The first-order valence-corrected chi connectivity index (χ1v) is 12.5. The molecule has 1 aromatic carbocycles. The van der Waals surface area contributed by atoms with Crippen molar-refractivity contribution in [3.05, 3.63) is 46.2 Å². The van der Waals surface area contributed by atoms with Crippen LogP contribution in [0.4, 0.5) is 0 Å². The van der Waals surface area contributed by atoms with Crippen molar-refractivity contribution in [3.63, 3.8) is 0 Å². The van der Waals surface area contributed by atoms with Crippen LogP contribution >= 0.6 is 11.6 Å². The van der Waals surface area contributed by atoms with E-state index in [1.165, 1.54) is 4.68 Å². The number of halogens is 1. The Kier molecular flexibility index (Phi) is 4.97. The predicted molar refractivity (Wildman–Crippen MR) is 116 cm³/mol. The topological polar surface area (TPSA) is 111 Å². The lowest BCUT2D eigenvalue weighted by molar-refractivity contribution is 0.0724. The summed E-state index contributed by atoms with van der Waals surface area (Å²) in [4.78, 5) is 32.8. The molecule has 1 N–H and O–H groups in total. The van der Waals surface area contributed by atoms with Crippen LogP contribution in [0.3, 0.4) is 0 Å². The number of aryl methyl sites for hydroxylation is 1. The zero-order valence-corrected chi connectivity index (χ0v) is 19.1. The summed E-state index contributed by atoms with van der Waals surface area (Å²) in [6, 6.07) is 6.49. The van der Waals surface area contributed by atoms with Gasteiger partial charge in [-0.3, -0.25) is 14.3 Å². The molecule has 5 rings (SSSR count). The smallest absolute Gasteiger partial charge is 0.304 e. The first-order valence-electron chi connectivity index (χ1n) is 10.5. The second kappa shape index (κ2) is 7.48. The molecule has 2 saturated carbocycles. The fraction of sp³-hybridized carbons (Fsp3) is 0.476. The molecule has 32 heavy (non-hydrogen) atoms. The summed E-state index contributed by atoms with van der Waals surface area (Å²) >= 11 is 5.84. The molecule has 2 aliphatic carbocycles. The minimum Gasteiger partial charge on any atom is -0.379 e. The lowest BCUT2D eigenvalue weighted by atomic mass is 10.0. The molecular formula is C21H23ClN4O5S. The Bertz CT molecular complexity index is 1200. The molecule has 1 aliphatic heterocycles. The number of hydroxylamine groups is 1. The second-order valence-corrected chi connectivity index (χ2v) is 11.7. The highest BCUT2D eigenvalue weighted by Gasteiger charge is 2.60. The summed E-state index contributed by atoms with van der Waals surface area (Å²) in [5, 5.41) is 4.54. The third-order valence-electron chi connectivity index (χ3n) is 6.41. The Morgan fingerprint density at radius 2 is 1.97 bits per heavy atom. The number of amides is 2. The fourth-order valence-corrected chi connectivity index (χ4v) is 6.91. The Morgan fingerprint density at radius 3 is 2.59 bits per heavy atom. The summed E-state index contributed by atoms with van der Waals surface area (Å²) in [6.45, 7) is 0.550. The van der Waals surface area contributed by atoms with Gasteiger partial charge in [-0.15, -0.1) is 0 Å². The minimum absolute atomic E-state index is 0.121. The number of rotatable bonds is 7. The number of hydrogen-bond donors (Lipinski definition) is 1. The highest BCUT2D eigenvalue weighted by atomic mass is 35.5. The van der Waals surface area contributed by atoms with Crippen LogP contribution in [-0.4, -0.2) is 58.0 Å². The highest BCUT2D eigenvalue weighted by Crippen LogP contribution is 2.50. The SMILES string of the molecule is Cn1nc(C(=O)NOc2ccc(Cl)cc2)c2c1C(=O)N(CC1(S(=O)(=O)C3CC3)CC1)CC2. The molecule has 2 aromatic rings. The summed E-state index contributed by atoms with van der Waals surface area (Å²) in [5.41, 5.74) is 3.33. The summed E-state index contributed by atoms with van der Waals surface area (Å²) in [7, 11) is -1.61. The van der Waals surface area contributed by atoms with Gasteiger partial charge in [0, 0.05) is 30.7 Å². The molecule has 3 aliphatic rings. The van der Waals surface area contributed by atoms with Crippen LogP contribution in [0.1, 0.15) is 52.2 Å². The van der Waals surface area contributed by atoms with Crippen LogP contribution in [0.25, 0.3) is 0 Å². The van der Waals surface area contributed by atoms with Crippen molar-refractivity contribution in [1.82, 2.24) is 20.2 Å². The minimum atomic E-state index is -3.21. The number of nitrogens with one attached hydrogen (secondary N) is 1. The van der Waals surface area contributed by atoms with Crippen molar-refractivity contribution in [3.8, 4) is 5.75 Å². The normalized spacial score (nSPS) is 19.4. The molecule has 9 nitrogen and oxygen atoms in total. The maximum absolute atomic E-state index is 13.2. The first kappa shape index (κ1) is 21.3. The molecule has 1 aromatic heterocycles. The van der Waals surface area contributed by atoms with E-state index in [2.05, 4.69) is 10.6 Å². The van der Waals surface area contributed by atoms with Gasteiger partial charge in [-0.05, 0) is 56.4 Å². The van der Waals surface area contributed by atoms with E-state index in [-0.39, 0.29) is 23.4 Å². The summed E-state index contributed by atoms with van der Waals surface area (Å²) in [6.07, 6.45) is 3.06. The van der Waals surface area contributed by atoms with Gasteiger partial charge in [-0.25, -0.2) is 8.42 Å². The van der Waals surface area contributed by atoms with Gasteiger partial charge in [0.1, 0.15) is 5.69 Å². The highest BCUT2D eigenvalue weighted by molar-refractivity contribution is 7.94. The van der Waals surface area contributed by atoms with E-state index < -0.39 is 20.5 Å². The molecule has 0 unspecified atom stereocenters. The number of sulfone groups is 1. The number of aromatic nitrogens is 2. The van der Waals surface area contributed by atoms with E-state index >= 15 is 0 Å². The lowest BCUT2D eigenvalue weighted by Crippen LogP contribution is -2.46. The van der Waals surface area contributed by atoms with E-state index in [0.29, 0.717) is 47.8 Å². The van der Waals surface area contributed by atoms with Crippen molar-refractivity contribution in [1.29, 1.82) is 0 Å². The summed E-state index contributed by atoms with van der Waals surface area (Å²) < 4.78 is 26.3. The number of carbonyl (C=O) groups is 2. The molecule has 0 spiro atoms. The Hall–Kier alpha value is -2.59. The molecule has 0 radical (unpaired) electrons. The van der Waals surface area contributed by atoms with Gasteiger partial charge < -0.3 is 9.74 Å². The van der Waals surface area contributed by atoms with E-state index in [4.69, 9.17) is 16.4 Å². The first-order chi connectivity index (χ1) is 15.2. The molecule has 2 amide bonds. The summed E-state index contributed by atoms with van der Waals surface area (Å²) in [5.74, 6) is -0.453. The zero-order valence-electron chi connectivity index (χ0n) is 17.5. The van der Waals surface area contributed by atoms with Crippen LogP contribution < -0.4 is 10.3 Å². The monoisotopic (exact) mass is 478 g/mol. The lowest BCUT2D eigenvalue weighted by Gasteiger charge is -2.31. The average molecular weight is 479 g/mol. The number of benzene rings is 1. The van der Waals surface area contributed by atoms with Gasteiger partial charge in [-0.2, -0.15) is 10.6 Å². The molecule has 2 heterocycles. The van der Waals surface area contributed by atoms with Gasteiger partial charge >= 0.3 is 5.91 Å². The van der Waals surface area contributed by atoms with Gasteiger partial charge in [0.15, 0.2) is 21.3 Å². The van der Waals surface area contributed by atoms with Crippen LogP contribution in [0.2, 0.25) is 5.02 Å². The van der Waals surface area contributed by atoms with Crippen molar-refractivity contribution < 1.29 is 22.8 Å². The quantitative estimate of drug-likeness (QED) is 0.608. The largest absolute Gasteiger partial charge is 0.379 e. The van der Waals surface area contributed by atoms with E-state index in [0.717, 1.165) is 12.8 Å². The zero-order chi connectivity index (χ0) is 22.7. The van der Waals surface area contributed by atoms with Crippen molar-refractivity contribution in [2.24, 2.45) is 7.05 Å². The second-order valence-electron chi connectivity index (χ2n) is 8.69. The number of fused-ring (bicyclic) bond motifs is 1. The Balaban J connectivity index is 1.31. The molecular weight excluding hydrogens is 456 g/mol. The van der Waals surface area contributed by atoms with Crippen LogP contribution in [-0.2, 0) is 23.3 Å². The average Bonchev–Trinajstić information content (AvgIpc) is 3.67. The number of carbonyl (C=O) groups excluding carboxylic acids is 2. The fourth-order valence-electron chi connectivity index (χ4n) is 4.31. The van der Waals surface area contributed by atoms with Gasteiger partial charge in [0.2, 0.25) is 0 Å². The number of nitrogens with zero attached hydrogens (tertiary/aromatic N) is 3. The van der Waals surface area contributed by atoms with Crippen molar-refractivity contribution in [2.75, 3.05) is 13.1 Å². The van der Waals surface area contributed by atoms with Crippen molar-refractivity contribution in [2.45, 2.75) is 42.1 Å². The van der Waals surface area contributed by atoms with Crippen molar-refractivity contribution >= 4 is 33.3 Å². The van der Waals surface area contributed by atoms with E-state index in [1.54, 1.807) is 36.2 Å². The number of hydrogen-bond acceptors (Lipinski definition) is 6. The third-order valence-corrected chi connectivity index (χ3v) is 9.76. The van der Waals surface area contributed by atoms with Crippen LogP contribution in [0.15, 0.2) is 24.3 Å². The van der Waals surface area contributed by atoms with Gasteiger partial charge in [0.25, 0.3) is 5.91 Å². The Labute approximate surface area is 190 Å². The van der Waals surface area contributed by atoms with E-state index in [9.17, 15) is 18.0 Å². The molecule has 0 bridgehead atoms. The maximum atomic E-state index is 13.2. The predicted octanol–water partition coefficient (Wildman–Crippen LogP) is 1.91. The standard InChI is InChI=1S/C21H23ClN4O5S/c1-25-18-16(17(23-25)19(27)24-31-14-4-2-13(22)3-5-14)8-11-26(20(18)28)12-21(9-10-21)32(29,30)15-6-7-15/h2-5,15H,6-12H2,1H3,(H,24,27). The van der Waals surface area contributed by atoms with Crippen LogP contribution in [0, 0.1) is 0 Å². The maximum Gasteiger partial charge on any atom is 0.304 e. The Morgan fingerprint density at radius 1 is 1.28 bits per heavy atom. The molecule has 170 valence electrons. The molecule has 0 atom stereocenters. The molecule has 11 heteroatoms. The van der Waals surface area contributed by atoms with Gasteiger partial charge in [0.05, 0.1) is 10.00 Å². The molecule has 0 saturated heterocycles. The third kappa shape index (κ3) is 3.55. The van der Waals surface area contributed by atoms with Gasteiger partial charge in [-0.1, -0.05) is 11.6 Å². The van der Waals surface area contributed by atoms with Crippen LogP contribution in [0.5, 0.6) is 5.75 Å².